The molecule has 7 nitrogen and oxygen atoms in total. The van der Waals surface area contributed by atoms with Crippen LogP contribution in [0.1, 0.15) is 29.5 Å². The van der Waals surface area contributed by atoms with Gasteiger partial charge in [-0.15, -0.1) is 0 Å². The highest BCUT2D eigenvalue weighted by Crippen LogP contribution is 2.53. The van der Waals surface area contributed by atoms with Crippen molar-refractivity contribution < 1.29 is 22.8 Å². The number of rotatable bonds is 2. The van der Waals surface area contributed by atoms with Gasteiger partial charge < -0.3 is 20.4 Å². The fraction of sp³-hybridized carbons (Fsp3) is 0.571. The Morgan fingerprint density at radius 1 is 1.19 bits per heavy atom. The van der Waals surface area contributed by atoms with E-state index in [4.69, 9.17) is 5.26 Å². The number of nitriles is 1. The first-order chi connectivity index (χ1) is 14.6. The molecule has 0 unspecified atom stereocenters. The molecule has 2 N–H and O–H groups in total. The molecular formula is C21H22F3N5O2. The Morgan fingerprint density at radius 2 is 1.87 bits per heavy atom. The van der Waals surface area contributed by atoms with Crippen LogP contribution in [-0.4, -0.2) is 60.1 Å². The zero-order valence-electron chi connectivity index (χ0n) is 16.8. The monoisotopic (exact) mass is 433 g/mol. The van der Waals surface area contributed by atoms with Gasteiger partial charge in [0, 0.05) is 38.1 Å². The number of hydrogen-bond acceptors (Lipinski definition) is 3. The maximum Gasteiger partial charge on any atom is 0.417 e. The summed E-state index contributed by atoms with van der Waals surface area (Å²) in [6, 6.07) is 5.27. The number of amides is 4. The van der Waals surface area contributed by atoms with Crippen LogP contribution in [0.25, 0.3) is 0 Å². The standard InChI is InChI=1S/C21H22F3N5O2/c22-21(23,24)16-2-1-13(4-15(16)7-25)3-14-5-19(6-14)9-28(10-19)18(31)29-11-20(12-29)8-26-17(30)27-20/h1-2,4,14H,3,5-6,8-12H2,(H2,26,27,30). The summed E-state index contributed by atoms with van der Waals surface area (Å²) < 4.78 is 38.8. The van der Waals surface area contributed by atoms with Crippen molar-refractivity contribution in [1.82, 2.24) is 20.4 Å². The average molecular weight is 433 g/mol. The third-order valence-electron chi connectivity index (χ3n) is 7.02. The van der Waals surface area contributed by atoms with Gasteiger partial charge in [0.15, 0.2) is 0 Å². The molecule has 2 spiro atoms. The second-order valence-electron chi connectivity index (χ2n) is 9.55. The molecule has 4 aliphatic rings. The summed E-state index contributed by atoms with van der Waals surface area (Å²) in [5, 5.41) is 14.7. The Bertz CT molecular complexity index is 982. The number of carbonyl (C=O) groups is 2. The maximum absolute atomic E-state index is 12.9. The number of benzene rings is 1. The summed E-state index contributed by atoms with van der Waals surface area (Å²) in [5.41, 5.74) is -0.676. The first kappa shape index (κ1) is 20.0. The summed E-state index contributed by atoms with van der Waals surface area (Å²) >= 11 is 0. The van der Waals surface area contributed by atoms with E-state index in [-0.39, 0.29) is 28.6 Å². The molecule has 1 aromatic carbocycles. The summed E-state index contributed by atoms with van der Waals surface area (Å²) in [6.07, 6.45) is -2.01. The predicted molar refractivity (Wildman–Crippen MR) is 103 cm³/mol. The maximum atomic E-state index is 12.9. The van der Waals surface area contributed by atoms with Crippen molar-refractivity contribution in [2.24, 2.45) is 11.3 Å². The summed E-state index contributed by atoms with van der Waals surface area (Å²) in [6.45, 7) is 2.98. The minimum Gasteiger partial charge on any atom is -0.336 e. The second-order valence-corrected chi connectivity index (χ2v) is 9.55. The summed E-state index contributed by atoms with van der Waals surface area (Å²) in [4.78, 5) is 27.5. The highest BCUT2D eigenvalue weighted by Gasteiger charge is 2.56. The third kappa shape index (κ3) is 3.36. The van der Waals surface area contributed by atoms with Crippen molar-refractivity contribution in [2.75, 3.05) is 32.7 Å². The van der Waals surface area contributed by atoms with E-state index in [9.17, 15) is 22.8 Å². The Kier molecular flexibility index (Phi) is 4.20. The van der Waals surface area contributed by atoms with Crippen LogP contribution < -0.4 is 10.6 Å². The van der Waals surface area contributed by atoms with Gasteiger partial charge in [0.25, 0.3) is 0 Å². The van der Waals surface area contributed by atoms with Gasteiger partial charge in [-0.05, 0) is 42.9 Å². The molecule has 1 aliphatic carbocycles. The number of likely N-dealkylation sites (tertiary alicyclic amines) is 2. The van der Waals surface area contributed by atoms with Gasteiger partial charge >= 0.3 is 18.2 Å². The van der Waals surface area contributed by atoms with Gasteiger partial charge in [-0.3, -0.25) is 0 Å². The minimum atomic E-state index is -4.53. The largest absolute Gasteiger partial charge is 0.417 e. The first-order valence-electron chi connectivity index (χ1n) is 10.3. The van der Waals surface area contributed by atoms with E-state index in [1.165, 1.54) is 12.1 Å². The molecule has 1 saturated carbocycles. The SMILES string of the molecule is N#Cc1cc(CC2CC3(C2)CN(C(=O)N2CC4(CNC(=O)N4)C2)C3)ccc1C(F)(F)F. The Morgan fingerprint density at radius 3 is 2.45 bits per heavy atom. The quantitative estimate of drug-likeness (QED) is 0.750. The lowest BCUT2D eigenvalue weighted by Gasteiger charge is -2.61. The van der Waals surface area contributed by atoms with Crippen molar-refractivity contribution in [3.63, 3.8) is 0 Å². The van der Waals surface area contributed by atoms with E-state index in [2.05, 4.69) is 10.6 Å². The van der Waals surface area contributed by atoms with Gasteiger partial charge in [0.05, 0.1) is 22.7 Å². The zero-order valence-corrected chi connectivity index (χ0v) is 16.8. The first-order valence-corrected chi connectivity index (χ1v) is 10.3. The van der Waals surface area contributed by atoms with Gasteiger partial charge in [0.1, 0.15) is 0 Å². The van der Waals surface area contributed by atoms with Crippen LogP contribution >= 0.6 is 0 Å². The van der Waals surface area contributed by atoms with Crippen LogP contribution in [-0.2, 0) is 12.6 Å². The van der Waals surface area contributed by atoms with E-state index in [0.29, 0.717) is 45.1 Å². The summed E-state index contributed by atoms with van der Waals surface area (Å²) in [7, 11) is 0. The van der Waals surface area contributed by atoms with Crippen LogP contribution in [0.4, 0.5) is 22.8 Å². The fourth-order valence-electron chi connectivity index (χ4n) is 5.65. The van der Waals surface area contributed by atoms with Crippen LogP contribution in [0.15, 0.2) is 18.2 Å². The third-order valence-corrected chi connectivity index (χ3v) is 7.02. The number of carbonyl (C=O) groups excluding carboxylic acids is 2. The Hall–Kier alpha value is -2.96. The number of nitrogens with one attached hydrogen (secondary N) is 2. The molecule has 3 aliphatic heterocycles. The molecule has 4 fully saturated rings. The topological polar surface area (TPSA) is 88.5 Å². The highest BCUT2D eigenvalue weighted by atomic mass is 19.4. The van der Waals surface area contributed by atoms with Gasteiger partial charge in [-0.25, -0.2) is 9.59 Å². The van der Waals surface area contributed by atoms with Crippen molar-refractivity contribution in [2.45, 2.75) is 31.0 Å². The van der Waals surface area contributed by atoms with E-state index >= 15 is 0 Å². The molecular weight excluding hydrogens is 411 g/mol. The predicted octanol–water partition coefficient (Wildman–Crippen LogP) is 2.32. The van der Waals surface area contributed by atoms with Gasteiger partial charge in [-0.1, -0.05) is 6.07 Å². The molecule has 1 aromatic rings. The lowest BCUT2D eigenvalue weighted by atomic mass is 9.56. The Balaban J connectivity index is 1.10. The van der Waals surface area contributed by atoms with E-state index in [0.717, 1.165) is 24.5 Å². The highest BCUT2D eigenvalue weighted by molar-refractivity contribution is 5.81. The Labute approximate surface area is 177 Å². The van der Waals surface area contributed by atoms with Gasteiger partial charge in [0.2, 0.25) is 0 Å². The van der Waals surface area contributed by atoms with Crippen molar-refractivity contribution >= 4 is 12.1 Å². The lowest BCUT2D eigenvalue weighted by Crippen LogP contribution is -2.74. The molecule has 164 valence electrons. The van der Waals surface area contributed by atoms with Gasteiger partial charge in [-0.2, -0.15) is 18.4 Å². The summed E-state index contributed by atoms with van der Waals surface area (Å²) in [5.74, 6) is 0.354. The van der Waals surface area contributed by atoms with Crippen LogP contribution in [0.2, 0.25) is 0 Å². The molecule has 0 atom stereocenters. The molecule has 5 rings (SSSR count). The lowest BCUT2D eigenvalue weighted by molar-refractivity contribution is -0.137. The van der Waals surface area contributed by atoms with Crippen molar-refractivity contribution in [3.8, 4) is 6.07 Å². The average Bonchev–Trinajstić information content (AvgIpc) is 3.02. The molecule has 0 aromatic heterocycles. The van der Waals surface area contributed by atoms with E-state index in [1.54, 1.807) is 11.0 Å². The molecule has 3 heterocycles. The van der Waals surface area contributed by atoms with Crippen LogP contribution in [0.5, 0.6) is 0 Å². The second kappa shape index (κ2) is 6.52. The van der Waals surface area contributed by atoms with Crippen molar-refractivity contribution in [3.05, 3.63) is 34.9 Å². The molecule has 31 heavy (non-hydrogen) atoms. The van der Waals surface area contributed by atoms with Crippen LogP contribution in [0, 0.1) is 22.7 Å². The molecule has 4 amide bonds. The number of urea groups is 2. The molecule has 0 radical (unpaired) electrons. The van der Waals surface area contributed by atoms with Crippen molar-refractivity contribution in [1.29, 1.82) is 5.26 Å². The molecule has 0 bridgehead atoms. The fourth-order valence-corrected chi connectivity index (χ4v) is 5.65. The molecule has 10 heteroatoms. The smallest absolute Gasteiger partial charge is 0.336 e. The van der Waals surface area contributed by atoms with E-state index in [1.807, 2.05) is 4.90 Å². The number of nitrogens with zero attached hydrogens (tertiary/aromatic N) is 3. The van der Waals surface area contributed by atoms with E-state index < -0.39 is 11.7 Å². The van der Waals surface area contributed by atoms with Crippen LogP contribution in [0.3, 0.4) is 0 Å². The zero-order chi connectivity index (χ0) is 22.0. The molecule has 3 saturated heterocycles. The normalized spacial score (nSPS) is 23.5. The minimum absolute atomic E-state index is 0.00208. The number of halogens is 3. The number of hydrogen-bond donors (Lipinski definition) is 2. The number of alkyl halides is 3.